The molecule has 0 saturated heterocycles. The largest absolute Gasteiger partial charge is 0.481 e. The Labute approximate surface area is 101 Å². The normalized spacial score (nSPS) is 12.7. The molecule has 6 heteroatoms. The lowest BCUT2D eigenvalue weighted by Crippen LogP contribution is -2.45. The monoisotopic (exact) mass is 244 g/mol. The standard InChI is InChI=1S/C11H20N2O4/c1-5-7(2)12-10(17)13-8(14)6-11(3,4)9(15)16/h7H,5-6H2,1-4H3,(H,15,16)(H2,12,13,14,17). The van der Waals surface area contributed by atoms with Crippen molar-refractivity contribution < 1.29 is 19.5 Å². The molecule has 3 N–H and O–H groups in total. The Balaban J connectivity index is 4.19. The third-order valence-electron chi connectivity index (χ3n) is 2.42. The van der Waals surface area contributed by atoms with Crippen molar-refractivity contribution in [3.05, 3.63) is 0 Å². The highest BCUT2D eigenvalue weighted by Gasteiger charge is 2.30. The molecule has 0 bridgehead atoms. The van der Waals surface area contributed by atoms with Crippen molar-refractivity contribution >= 4 is 17.9 Å². The second kappa shape index (κ2) is 6.22. The Morgan fingerprint density at radius 3 is 2.24 bits per heavy atom. The summed E-state index contributed by atoms with van der Waals surface area (Å²) in [5, 5.41) is 13.5. The quantitative estimate of drug-likeness (QED) is 0.675. The van der Waals surface area contributed by atoms with Gasteiger partial charge in [-0.25, -0.2) is 4.79 Å². The van der Waals surface area contributed by atoms with Gasteiger partial charge in [0, 0.05) is 12.5 Å². The predicted octanol–water partition coefficient (Wildman–Crippen LogP) is 1.11. The Morgan fingerprint density at radius 2 is 1.82 bits per heavy atom. The number of nitrogens with one attached hydrogen (secondary N) is 2. The lowest BCUT2D eigenvalue weighted by molar-refractivity contribution is -0.149. The summed E-state index contributed by atoms with van der Waals surface area (Å²) in [5.74, 6) is -1.67. The molecule has 1 atom stereocenters. The minimum Gasteiger partial charge on any atom is -0.481 e. The smallest absolute Gasteiger partial charge is 0.321 e. The first-order chi connectivity index (χ1) is 7.69. The van der Waals surface area contributed by atoms with E-state index in [1.165, 1.54) is 13.8 Å². The van der Waals surface area contributed by atoms with Crippen LogP contribution < -0.4 is 10.6 Å². The molecule has 0 heterocycles. The van der Waals surface area contributed by atoms with E-state index in [4.69, 9.17) is 5.11 Å². The average Bonchev–Trinajstić information content (AvgIpc) is 2.15. The predicted molar refractivity (Wildman–Crippen MR) is 62.5 cm³/mol. The van der Waals surface area contributed by atoms with Crippen molar-refractivity contribution in [2.45, 2.75) is 46.6 Å². The lowest BCUT2D eigenvalue weighted by atomic mass is 9.89. The molecule has 0 aromatic rings. The van der Waals surface area contributed by atoms with Crippen LogP contribution in [0.25, 0.3) is 0 Å². The van der Waals surface area contributed by atoms with Crippen molar-refractivity contribution in [2.75, 3.05) is 0 Å². The van der Waals surface area contributed by atoms with Gasteiger partial charge in [-0.2, -0.15) is 0 Å². The fourth-order valence-corrected chi connectivity index (χ4v) is 1.01. The molecule has 0 aliphatic rings. The number of aliphatic carboxylic acids is 1. The van der Waals surface area contributed by atoms with E-state index >= 15 is 0 Å². The highest BCUT2D eigenvalue weighted by molar-refractivity contribution is 5.96. The molecule has 6 nitrogen and oxygen atoms in total. The first-order valence-electron chi connectivity index (χ1n) is 5.52. The molecule has 0 aromatic heterocycles. The minimum atomic E-state index is -1.18. The number of carbonyl (C=O) groups is 3. The number of rotatable bonds is 5. The molecule has 0 aromatic carbocycles. The topological polar surface area (TPSA) is 95.5 Å². The molecular formula is C11H20N2O4. The second-order valence-corrected chi connectivity index (χ2v) is 4.70. The van der Waals surface area contributed by atoms with Crippen LogP contribution in [0.15, 0.2) is 0 Å². The molecule has 0 saturated carbocycles. The third-order valence-corrected chi connectivity index (χ3v) is 2.42. The summed E-state index contributed by atoms with van der Waals surface area (Å²) in [6.07, 6.45) is 0.512. The highest BCUT2D eigenvalue weighted by atomic mass is 16.4. The number of imide groups is 1. The zero-order chi connectivity index (χ0) is 13.6. The van der Waals surface area contributed by atoms with Crippen molar-refractivity contribution in [1.82, 2.24) is 10.6 Å². The van der Waals surface area contributed by atoms with Crippen LogP contribution in [0.5, 0.6) is 0 Å². The molecule has 0 radical (unpaired) electrons. The van der Waals surface area contributed by atoms with E-state index in [0.29, 0.717) is 0 Å². The Hall–Kier alpha value is -1.59. The summed E-state index contributed by atoms with van der Waals surface area (Å²) in [7, 11) is 0. The van der Waals surface area contributed by atoms with Crippen LogP contribution in [0.1, 0.15) is 40.5 Å². The Kier molecular flexibility index (Phi) is 5.64. The van der Waals surface area contributed by atoms with Crippen LogP contribution in [0.4, 0.5) is 4.79 Å². The number of carboxylic acid groups (broad SMARTS) is 1. The van der Waals surface area contributed by atoms with Crippen LogP contribution in [0.2, 0.25) is 0 Å². The van der Waals surface area contributed by atoms with Gasteiger partial charge in [0.25, 0.3) is 0 Å². The number of amides is 3. The van der Waals surface area contributed by atoms with Crippen molar-refractivity contribution in [1.29, 1.82) is 0 Å². The average molecular weight is 244 g/mol. The summed E-state index contributed by atoms with van der Waals surface area (Å²) in [6.45, 7) is 6.58. The maximum absolute atomic E-state index is 11.4. The minimum absolute atomic E-state index is 0.0321. The maximum atomic E-state index is 11.4. The third kappa shape index (κ3) is 5.89. The number of hydrogen-bond donors (Lipinski definition) is 3. The summed E-state index contributed by atoms with van der Waals surface area (Å²) < 4.78 is 0. The van der Waals surface area contributed by atoms with Crippen LogP contribution in [0.3, 0.4) is 0 Å². The summed E-state index contributed by atoms with van der Waals surface area (Å²) in [6, 6.07) is -0.624. The molecular weight excluding hydrogens is 224 g/mol. The highest BCUT2D eigenvalue weighted by Crippen LogP contribution is 2.19. The summed E-state index contributed by atoms with van der Waals surface area (Å²) in [4.78, 5) is 33.5. The molecule has 0 rings (SSSR count). The van der Waals surface area contributed by atoms with Crippen molar-refractivity contribution in [3.8, 4) is 0 Å². The number of urea groups is 1. The fourth-order valence-electron chi connectivity index (χ4n) is 1.01. The lowest BCUT2D eigenvalue weighted by Gasteiger charge is -2.18. The van der Waals surface area contributed by atoms with Gasteiger partial charge in [0.15, 0.2) is 0 Å². The van der Waals surface area contributed by atoms with E-state index in [1.54, 1.807) is 0 Å². The molecule has 0 fully saturated rings. The van der Waals surface area contributed by atoms with Crippen LogP contribution >= 0.6 is 0 Å². The van der Waals surface area contributed by atoms with Crippen LogP contribution in [0, 0.1) is 5.41 Å². The summed E-state index contributed by atoms with van der Waals surface area (Å²) >= 11 is 0. The zero-order valence-corrected chi connectivity index (χ0v) is 10.7. The van der Waals surface area contributed by atoms with Gasteiger partial charge in [0.1, 0.15) is 0 Å². The molecule has 17 heavy (non-hydrogen) atoms. The van der Waals surface area contributed by atoms with E-state index in [2.05, 4.69) is 10.6 Å². The first-order valence-corrected chi connectivity index (χ1v) is 5.52. The van der Waals surface area contributed by atoms with Gasteiger partial charge in [0.05, 0.1) is 5.41 Å². The van der Waals surface area contributed by atoms with Gasteiger partial charge in [-0.15, -0.1) is 0 Å². The van der Waals surface area contributed by atoms with E-state index in [0.717, 1.165) is 6.42 Å². The van der Waals surface area contributed by atoms with Gasteiger partial charge in [-0.3, -0.25) is 14.9 Å². The van der Waals surface area contributed by atoms with Gasteiger partial charge in [0.2, 0.25) is 5.91 Å². The molecule has 1 unspecified atom stereocenters. The molecule has 0 spiro atoms. The zero-order valence-electron chi connectivity index (χ0n) is 10.7. The first kappa shape index (κ1) is 15.4. The van der Waals surface area contributed by atoms with Gasteiger partial charge in [-0.05, 0) is 27.2 Å². The number of carboxylic acids is 1. The van der Waals surface area contributed by atoms with Crippen molar-refractivity contribution in [2.24, 2.45) is 5.41 Å². The van der Waals surface area contributed by atoms with E-state index in [-0.39, 0.29) is 12.5 Å². The van der Waals surface area contributed by atoms with Crippen LogP contribution in [-0.4, -0.2) is 29.1 Å². The summed E-state index contributed by atoms with van der Waals surface area (Å²) in [5.41, 5.74) is -1.18. The number of carbonyl (C=O) groups excluding carboxylic acids is 2. The van der Waals surface area contributed by atoms with Gasteiger partial charge in [-0.1, -0.05) is 6.92 Å². The van der Waals surface area contributed by atoms with Gasteiger partial charge >= 0.3 is 12.0 Å². The fraction of sp³-hybridized carbons (Fsp3) is 0.727. The van der Waals surface area contributed by atoms with Gasteiger partial charge < -0.3 is 10.4 Å². The second-order valence-electron chi connectivity index (χ2n) is 4.70. The Morgan fingerprint density at radius 1 is 1.29 bits per heavy atom. The van der Waals surface area contributed by atoms with E-state index < -0.39 is 23.3 Å². The molecule has 0 aliphatic heterocycles. The van der Waals surface area contributed by atoms with Crippen molar-refractivity contribution in [3.63, 3.8) is 0 Å². The molecule has 98 valence electrons. The Bertz CT molecular complexity index is 313. The van der Waals surface area contributed by atoms with Crippen LogP contribution in [-0.2, 0) is 9.59 Å². The van der Waals surface area contributed by atoms with E-state index in [1.807, 2.05) is 13.8 Å². The van der Waals surface area contributed by atoms with E-state index in [9.17, 15) is 14.4 Å². The SMILES string of the molecule is CCC(C)NC(=O)NC(=O)CC(C)(C)C(=O)O. The molecule has 0 aliphatic carbocycles. The maximum Gasteiger partial charge on any atom is 0.321 e. The molecule has 3 amide bonds. The number of hydrogen-bond acceptors (Lipinski definition) is 3.